The number of carbonyl (C=O) groups excluding carboxylic acids is 1. The highest BCUT2D eigenvalue weighted by Crippen LogP contribution is 2.28. The van der Waals surface area contributed by atoms with Crippen molar-refractivity contribution in [2.75, 3.05) is 30.8 Å². The first-order chi connectivity index (χ1) is 9.15. The second-order valence-corrected chi connectivity index (χ2v) is 5.02. The summed E-state index contributed by atoms with van der Waals surface area (Å²) in [5.41, 5.74) is 6.64. The Bertz CT molecular complexity index is 462. The van der Waals surface area contributed by atoms with Gasteiger partial charge in [0.25, 0.3) is 0 Å². The number of hydrogen-bond acceptors (Lipinski definition) is 5. The van der Waals surface area contributed by atoms with E-state index in [1.807, 2.05) is 0 Å². The van der Waals surface area contributed by atoms with Gasteiger partial charge >= 0.3 is 5.97 Å². The second-order valence-electron chi connectivity index (χ2n) is 5.02. The zero-order valence-corrected chi connectivity index (χ0v) is 11.6. The van der Waals surface area contributed by atoms with Crippen LogP contribution in [0.4, 0.5) is 11.5 Å². The Morgan fingerprint density at radius 1 is 1.63 bits per heavy atom. The number of nitrogens with zero attached hydrogens (tertiary/aromatic N) is 2. The number of hydrogen-bond donors (Lipinski definition) is 1. The number of rotatable bonds is 4. The fraction of sp³-hybridized carbons (Fsp3) is 0.571. The molecule has 0 spiro atoms. The monoisotopic (exact) mass is 263 g/mol. The Morgan fingerprint density at radius 3 is 3.11 bits per heavy atom. The van der Waals surface area contributed by atoms with Gasteiger partial charge in [-0.1, -0.05) is 13.3 Å². The predicted octanol–water partition coefficient (Wildman–Crippen LogP) is 2.08. The van der Waals surface area contributed by atoms with Crippen molar-refractivity contribution in [2.24, 2.45) is 5.92 Å². The minimum absolute atomic E-state index is 0.381. The maximum absolute atomic E-state index is 11.8. The summed E-state index contributed by atoms with van der Waals surface area (Å²) in [6.45, 7) is 4.09. The minimum atomic E-state index is -0.381. The summed E-state index contributed by atoms with van der Waals surface area (Å²) in [6.07, 6.45) is 5.16. The van der Waals surface area contributed by atoms with Crippen molar-refractivity contribution in [1.82, 2.24) is 4.98 Å². The third-order valence-corrected chi connectivity index (χ3v) is 3.58. The van der Waals surface area contributed by atoms with Crippen molar-refractivity contribution in [3.8, 4) is 0 Å². The molecule has 1 saturated heterocycles. The van der Waals surface area contributed by atoms with Gasteiger partial charge < -0.3 is 15.4 Å². The summed E-state index contributed by atoms with van der Waals surface area (Å²) < 4.78 is 4.80. The van der Waals surface area contributed by atoms with Crippen LogP contribution >= 0.6 is 0 Å². The molecule has 1 aliphatic rings. The molecule has 0 bridgehead atoms. The lowest BCUT2D eigenvalue weighted by Crippen LogP contribution is -2.24. The largest absolute Gasteiger partial charge is 0.465 e. The van der Waals surface area contributed by atoms with Crippen LogP contribution in [0.1, 0.15) is 36.5 Å². The third-order valence-electron chi connectivity index (χ3n) is 3.58. The van der Waals surface area contributed by atoms with E-state index in [4.69, 9.17) is 10.5 Å². The molecule has 19 heavy (non-hydrogen) atoms. The molecule has 1 fully saturated rings. The Morgan fingerprint density at radius 2 is 2.42 bits per heavy atom. The number of esters is 1. The SMILES string of the molecule is CCCC1CCN(c2ncc(N)cc2C(=O)OC)C1. The molecule has 2 N–H and O–H groups in total. The van der Waals surface area contributed by atoms with E-state index >= 15 is 0 Å². The number of aromatic nitrogens is 1. The standard InChI is InChI=1S/C14H21N3O2/c1-3-4-10-5-6-17(9-10)13-12(14(18)19-2)7-11(15)8-16-13/h7-8,10H,3-6,9,15H2,1-2H3. The average molecular weight is 263 g/mol. The predicted molar refractivity (Wildman–Crippen MR) is 75.2 cm³/mol. The number of carbonyl (C=O) groups is 1. The molecule has 0 aliphatic carbocycles. The molecule has 1 atom stereocenters. The van der Waals surface area contributed by atoms with E-state index in [-0.39, 0.29) is 5.97 Å². The lowest BCUT2D eigenvalue weighted by atomic mass is 10.0. The van der Waals surface area contributed by atoms with Gasteiger partial charge in [-0.25, -0.2) is 9.78 Å². The van der Waals surface area contributed by atoms with Crippen molar-refractivity contribution in [3.05, 3.63) is 17.8 Å². The van der Waals surface area contributed by atoms with Crippen molar-refractivity contribution < 1.29 is 9.53 Å². The van der Waals surface area contributed by atoms with Gasteiger partial charge in [-0.05, 0) is 24.8 Å². The summed E-state index contributed by atoms with van der Waals surface area (Å²) in [4.78, 5) is 18.3. The lowest BCUT2D eigenvalue weighted by Gasteiger charge is -2.20. The van der Waals surface area contributed by atoms with Crippen molar-refractivity contribution in [2.45, 2.75) is 26.2 Å². The highest BCUT2D eigenvalue weighted by molar-refractivity contribution is 5.95. The molecule has 0 saturated carbocycles. The van der Waals surface area contributed by atoms with Crippen LogP contribution in [-0.2, 0) is 4.74 Å². The Kier molecular flexibility index (Phi) is 4.24. The summed E-state index contributed by atoms with van der Waals surface area (Å²) in [5.74, 6) is 1.00. The van der Waals surface area contributed by atoms with Gasteiger partial charge in [0.05, 0.1) is 19.0 Å². The molecule has 5 nitrogen and oxygen atoms in total. The molecule has 0 aromatic carbocycles. The number of pyridine rings is 1. The van der Waals surface area contributed by atoms with E-state index in [0.29, 0.717) is 23.0 Å². The molecule has 1 unspecified atom stereocenters. The van der Waals surface area contributed by atoms with Crippen molar-refractivity contribution in [3.63, 3.8) is 0 Å². The van der Waals surface area contributed by atoms with Crippen LogP contribution in [0, 0.1) is 5.92 Å². The minimum Gasteiger partial charge on any atom is -0.465 e. The van der Waals surface area contributed by atoms with Crippen LogP contribution < -0.4 is 10.6 Å². The number of anilines is 2. The Labute approximate surface area is 113 Å². The first-order valence-corrected chi connectivity index (χ1v) is 6.74. The molecular formula is C14H21N3O2. The Hall–Kier alpha value is -1.78. The van der Waals surface area contributed by atoms with Crippen molar-refractivity contribution >= 4 is 17.5 Å². The smallest absolute Gasteiger partial charge is 0.341 e. The van der Waals surface area contributed by atoms with Gasteiger partial charge in [0.15, 0.2) is 0 Å². The second kappa shape index (κ2) is 5.91. The molecule has 0 amide bonds. The van der Waals surface area contributed by atoms with Gasteiger partial charge in [0.1, 0.15) is 11.4 Å². The number of methoxy groups -OCH3 is 1. The molecule has 2 heterocycles. The van der Waals surface area contributed by atoms with Crippen LogP contribution in [-0.4, -0.2) is 31.2 Å². The molecule has 0 radical (unpaired) electrons. The topological polar surface area (TPSA) is 68.5 Å². The van der Waals surface area contributed by atoms with Crippen LogP contribution in [0.25, 0.3) is 0 Å². The van der Waals surface area contributed by atoms with E-state index in [2.05, 4.69) is 16.8 Å². The van der Waals surface area contributed by atoms with E-state index in [1.165, 1.54) is 20.0 Å². The molecule has 5 heteroatoms. The van der Waals surface area contributed by atoms with E-state index < -0.39 is 0 Å². The van der Waals surface area contributed by atoms with E-state index in [0.717, 1.165) is 19.5 Å². The summed E-state index contributed by atoms with van der Waals surface area (Å²) in [6, 6.07) is 1.64. The maximum atomic E-state index is 11.8. The first kappa shape index (κ1) is 13.6. The summed E-state index contributed by atoms with van der Waals surface area (Å²) >= 11 is 0. The number of nitrogen functional groups attached to an aromatic ring is 1. The van der Waals surface area contributed by atoms with Gasteiger partial charge in [0.2, 0.25) is 0 Å². The average Bonchev–Trinajstić information content (AvgIpc) is 2.86. The first-order valence-electron chi connectivity index (χ1n) is 6.74. The third kappa shape index (κ3) is 2.97. The molecule has 104 valence electrons. The van der Waals surface area contributed by atoms with Gasteiger partial charge in [0, 0.05) is 13.1 Å². The van der Waals surface area contributed by atoms with Crippen LogP contribution in [0.2, 0.25) is 0 Å². The summed E-state index contributed by atoms with van der Waals surface area (Å²) in [5, 5.41) is 0. The zero-order chi connectivity index (χ0) is 13.8. The van der Waals surface area contributed by atoms with Gasteiger partial charge in [-0.15, -0.1) is 0 Å². The maximum Gasteiger partial charge on any atom is 0.341 e. The lowest BCUT2D eigenvalue weighted by molar-refractivity contribution is 0.0601. The van der Waals surface area contributed by atoms with Crippen LogP contribution in [0.3, 0.4) is 0 Å². The van der Waals surface area contributed by atoms with Crippen LogP contribution in [0.5, 0.6) is 0 Å². The summed E-state index contributed by atoms with van der Waals surface area (Å²) in [7, 11) is 1.37. The molecular weight excluding hydrogens is 242 g/mol. The molecule has 2 rings (SSSR count). The number of nitrogens with two attached hydrogens (primary N) is 1. The van der Waals surface area contributed by atoms with E-state index in [1.54, 1.807) is 12.3 Å². The molecule has 1 aliphatic heterocycles. The van der Waals surface area contributed by atoms with Crippen LogP contribution in [0.15, 0.2) is 12.3 Å². The number of ether oxygens (including phenoxy) is 1. The normalized spacial score (nSPS) is 18.6. The van der Waals surface area contributed by atoms with Crippen molar-refractivity contribution in [1.29, 1.82) is 0 Å². The van der Waals surface area contributed by atoms with Gasteiger partial charge in [-0.3, -0.25) is 0 Å². The molecule has 1 aromatic rings. The zero-order valence-electron chi connectivity index (χ0n) is 11.6. The van der Waals surface area contributed by atoms with E-state index in [9.17, 15) is 4.79 Å². The molecule has 1 aromatic heterocycles. The fourth-order valence-electron chi connectivity index (χ4n) is 2.65. The Balaban J connectivity index is 2.22. The highest BCUT2D eigenvalue weighted by Gasteiger charge is 2.26. The highest BCUT2D eigenvalue weighted by atomic mass is 16.5. The van der Waals surface area contributed by atoms with Gasteiger partial charge in [-0.2, -0.15) is 0 Å². The fourth-order valence-corrected chi connectivity index (χ4v) is 2.65. The quantitative estimate of drug-likeness (QED) is 0.842.